The third-order valence-electron chi connectivity index (χ3n) is 4.77. The Morgan fingerprint density at radius 2 is 1.73 bits per heavy atom. The van der Waals surface area contributed by atoms with E-state index >= 15 is 0 Å². The molecule has 0 bridgehead atoms. The van der Waals surface area contributed by atoms with Gasteiger partial charge in [-0.25, -0.2) is 19.8 Å². The molecule has 0 unspecified atom stereocenters. The Kier molecular flexibility index (Phi) is 6.92. The molecule has 37 heavy (non-hydrogen) atoms. The maximum Gasteiger partial charge on any atom is 0.416 e. The van der Waals surface area contributed by atoms with Gasteiger partial charge in [-0.1, -0.05) is 25.5 Å². The summed E-state index contributed by atoms with van der Waals surface area (Å²) >= 11 is 0. The Morgan fingerprint density at radius 3 is 2.30 bits per heavy atom. The predicted octanol–water partition coefficient (Wildman–Crippen LogP) is 7.22. The summed E-state index contributed by atoms with van der Waals surface area (Å²) in [7, 11) is -10.4. The molecule has 2 heterocycles. The highest BCUT2D eigenvalue weighted by molar-refractivity contribution is 8.45. The van der Waals surface area contributed by atoms with Crippen LogP contribution in [0, 0.1) is 0 Å². The zero-order valence-electron chi connectivity index (χ0n) is 19.2. The minimum absolute atomic E-state index is 0.00599. The molecule has 0 radical (unpaired) electrons. The lowest BCUT2D eigenvalue weighted by Crippen LogP contribution is -2.20. The lowest BCUT2D eigenvalue weighted by Gasteiger charge is -2.41. The van der Waals surface area contributed by atoms with Gasteiger partial charge in [0.1, 0.15) is 11.2 Å². The molecule has 202 valence electrons. The number of aromatic nitrogens is 2. The van der Waals surface area contributed by atoms with Crippen molar-refractivity contribution in [2.24, 2.45) is 4.99 Å². The number of hydrogen-bond donors (Lipinski definition) is 0. The molecule has 2 aromatic rings. The average Bonchev–Trinajstić information content (AvgIpc) is 3.01. The minimum atomic E-state index is -10.4. The van der Waals surface area contributed by atoms with E-state index in [1.165, 1.54) is 35.9 Å². The van der Waals surface area contributed by atoms with Crippen molar-refractivity contribution in [1.82, 2.24) is 14.9 Å². The molecule has 0 spiro atoms. The summed E-state index contributed by atoms with van der Waals surface area (Å²) in [4.78, 5) is 22.8. The first-order chi connectivity index (χ1) is 16.8. The normalized spacial score (nSPS) is 17.1. The van der Waals surface area contributed by atoms with Crippen LogP contribution in [0.4, 0.5) is 32.6 Å². The Morgan fingerprint density at radius 1 is 1.08 bits per heavy atom. The number of esters is 1. The molecule has 0 saturated heterocycles. The van der Waals surface area contributed by atoms with Crippen LogP contribution >= 0.6 is 10.2 Å². The van der Waals surface area contributed by atoms with Gasteiger partial charge in [-0.05, 0) is 38.5 Å². The van der Waals surface area contributed by atoms with Crippen molar-refractivity contribution in [2.75, 3.05) is 6.54 Å². The Hall–Kier alpha value is -3.49. The molecule has 1 aromatic carbocycles. The number of hydrogen-bond acceptors (Lipinski definition) is 6. The van der Waals surface area contributed by atoms with Gasteiger partial charge in [0.25, 0.3) is 0 Å². The van der Waals surface area contributed by atoms with E-state index in [1.54, 1.807) is 13.8 Å². The van der Waals surface area contributed by atoms with Gasteiger partial charge in [0.2, 0.25) is 0 Å². The van der Waals surface area contributed by atoms with Gasteiger partial charge in [-0.3, -0.25) is 0 Å². The smallest absolute Gasteiger partial charge is 0.416 e. The third-order valence-corrected chi connectivity index (χ3v) is 5.90. The number of alkyl halides is 3. The van der Waals surface area contributed by atoms with Crippen LogP contribution in [0.15, 0.2) is 59.1 Å². The van der Waals surface area contributed by atoms with Crippen LogP contribution in [0.2, 0.25) is 0 Å². The summed E-state index contributed by atoms with van der Waals surface area (Å²) in [6.45, 7) is 3.33. The number of ether oxygens (including phenoxy) is 1. The zero-order valence-corrected chi connectivity index (χ0v) is 20.0. The van der Waals surface area contributed by atoms with Crippen molar-refractivity contribution in [3.8, 4) is 0 Å². The minimum Gasteiger partial charge on any atom is -0.459 e. The summed E-state index contributed by atoms with van der Waals surface area (Å²) in [6, 6.07) is -0.359. The molecule has 6 nitrogen and oxygen atoms in total. The fourth-order valence-electron chi connectivity index (χ4n) is 3.15. The van der Waals surface area contributed by atoms with Gasteiger partial charge in [0, 0.05) is 36.3 Å². The highest BCUT2D eigenvalue weighted by atomic mass is 32.5. The van der Waals surface area contributed by atoms with Crippen molar-refractivity contribution in [3.05, 3.63) is 65.9 Å². The zero-order chi connectivity index (χ0) is 27.7. The van der Waals surface area contributed by atoms with Crippen LogP contribution in [-0.2, 0) is 15.7 Å². The first kappa shape index (κ1) is 28.1. The number of benzene rings is 1. The number of rotatable bonds is 6. The molecule has 15 heteroatoms. The van der Waals surface area contributed by atoms with E-state index in [4.69, 9.17) is 4.74 Å². The van der Waals surface area contributed by atoms with Crippen LogP contribution in [0.1, 0.15) is 37.0 Å². The van der Waals surface area contributed by atoms with Crippen molar-refractivity contribution in [3.63, 3.8) is 0 Å². The summed E-state index contributed by atoms with van der Waals surface area (Å²) in [5, 5.41) is 0. The van der Waals surface area contributed by atoms with Gasteiger partial charge in [-0.15, -0.1) is 0 Å². The molecule has 1 aliphatic heterocycles. The summed E-state index contributed by atoms with van der Waals surface area (Å²) in [5.41, 5.74) is -2.80. The lowest BCUT2D eigenvalue weighted by atomic mass is 10.1. The van der Waals surface area contributed by atoms with Crippen molar-refractivity contribution >= 4 is 33.8 Å². The second-order valence-corrected chi connectivity index (χ2v) is 10.6. The van der Waals surface area contributed by atoms with Crippen LogP contribution in [0.3, 0.4) is 0 Å². The largest absolute Gasteiger partial charge is 0.459 e. The molecule has 0 N–H and O–H groups in total. The second kappa shape index (κ2) is 9.11. The van der Waals surface area contributed by atoms with Crippen molar-refractivity contribution in [1.29, 1.82) is 0 Å². The first-order valence-corrected chi connectivity index (χ1v) is 12.4. The number of carbonyl (C=O) groups excluding carboxylic acids is 1. The fourth-order valence-corrected chi connectivity index (χ4v) is 3.85. The maximum atomic E-state index is 13.4. The number of carbonyl (C=O) groups is 1. The molecule has 0 amide bonds. The molecule has 0 fully saturated rings. The van der Waals surface area contributed by atoms with Crippen molar-refractivity contribution in [2.45, 2.75) is 37.4 Å². The summed E-state index contributed by atoms with van der Waals surface area (Å²) < 4.78 is 112. The van der Waals surface area contributed by atoms with E-state index in [-0.39, 0.29) is 35.9 Å². The molecule has 1 aromatic heterocycles. The monoisotopic (exact) mass is 556 g/mol. The molecular formula is C22H20F8N4O2S. The van der Waals surface area contributed by atoms with Crippen molar-refractivity contribution < 1.29 is 42.1 Å². The average molecular weight is 556 g/mol. The molecule has 3 rings (SSSR count). The fraction of sp³-hybridized carbons (Fsp3) is 0.273. The topological polar surface area (TPSA) is 67.7 Å². The third kappa shape index (κ3) is 7.50. The summed E-state index contributed by atoms with van der Waals surface area (Å²) in [6.07, 6.45) is 1.69. The molecule has 0 saturated carbocycles. The lowest BCUT2D eigenvalue weighted by molar-refractivity contribution is -0.140. The van der Waals surface area contributed by atoms with Gasteiger partial charge in [0.05, 0.1) is 29.3 Å². The quantitative estimate of drug-likeness (QED) is 0.214. The first-order valence-electron chi connectivity index (χ1n) is 10.5. The Labute approximate surface area is 206 Å². The highest BCUT2D eigenvalue weighted by Crippen LogP contribution is 3.02. The van der Waals surface area contributed by atoms with E-state index in [2.05, 4.69) is 15.0 Å². The van der Waals surface area contributed by atoms with E-state index in [1.807, 2.05) is 0 Å². The van der Waals surface area contributed by atoms with E-state index in [9.17, 15) is 37.4 Å². The number of aliphatic imine (C=N–C) groups is 1. The summed E-state index contributed by atoms with van der Waals surface area (Å²) in [5.74, 6) is -0.742. The highest BCUT2D eigenvalue weighted by Gasteiger charge is 2.66. The Bertz CT molecular complexity index is 1270. The maximum absolute atomic E-state index is 13.4. The molecule has 0 aliphatic carbocycles. The van der Waals surface area contributed by atoms with Crippen LogP contribution in [-0.4, -0.2) is 39.8 Å². The second-order valence-electron chi connectivity index (χ2n) is 8.20. The molecule has 0 atom stereocenters. The Balaban J connectivity index is 2.03. The van der Waals surface area contributed by atoms with E-state index in [0.29, 0.717) is 6.07 Å². The van der Waals surface area contributed by atoms with Crippen LogP contribution < -0.4 is 0 Å². The van der Waals surface area contributed by atoms with Gasteiger partial charge < -0.3 is 9.64 Å². The van der Waals surface area contributed by atoms with Crippen LogP contribution in [0.5, 0.6) is 0 Å². The molecule has 1 aliphatic rings. The SMILES string of the molecule is CC(C)OC(=O)/C(=C/N1C=NC(c2cc(C(F)(F)F)cc(S(F)(F)(F)(F)F)c2)=CCC1)c1cncnc1. The standard InChI is InChI=1S/C22H20F8N4O2S/c1-14(2)36-21(35)19(16-9-31-12-32-10-16)11-34-5-3-4-20(33-13-34)15-6-17(22(23,24)25)8-18(7-15)37(26,27,28,29)30/h4,6-14H,3,5H2,1-2H3/b19-11+. The van der Waals surface area contributed by atoms with E-state index < -0.39 is 50.6 Å². The molecular weight excluding hydrogens is 536 g/mol. The van der Waals surface area contributed by atoms with Gasteiger partial charge in [0.15, 0.2) is 0 Å². The predicted molar refractivity (Wildman–Crippen MR) is 122 cm³/mol. The number of nitrogens with zero attached hydrogens (tertiary/aromatic N) is 4. The number of halogens is 8. The van der Waals surface area contributed by atoms with Gasteiger partial charge in [-0.2, -0.15) is 13.2 Å². The van der Waals surface area contributed by atoms with Gasteiger partial charge >= 0.3 is 22.4 Å². The van der Waals surface area contributed by atoms with E-state index in [0.717, 1.165) is 6.34 Å². The van der Waals surface area contributed by atoms with Crippen LogP contribution in [0.25, 0.3) is 11.3 Å².